The number of rotatable bonds is 2. The Kier molecular flexibility index (Phi) is 4.52. The van der Waals surface area contributed by atoms with E-state index >= 15 is 0 Å². The van der Waals surface area contributed by atoms with Gasteiger partial charge in [-0.3, -0.25) is 4.79 Å². The van der Waals surface area contributed by atoms with Crippen molar-refractivity contribution >= 4 is 21.8 Å². The van der Waals surface area contributed by atoms with Gasteiger partial charge in [0.25, 0.3) is 12.3 Å². The number of carbonyl (C=O) groups is 1. The molecule has 1 aromatic carbocycles. The van der Waals surface area contributed by atoms with Gasteiger partial charge in [-0.2, -0.15) is 0 Å². The molecular formula is C13H15BrF2N2O. The second kappa shape index (κ2) is 5.96. The average molecular weight is 333 g/mol. The monoisotopic (exact) mass is 332 g/mol. The van der Waals surface area contributed by atoms with Crippen molar-refractivity contribution in [3.63, 3.8) is 0 Å². The van der Waals surface area contributed by atoms with E-state index in [0.717, 1.165) is 5.56 Å². The van der Waals surface area contributed by atoms with Gasteiger partial charge in [-0.25, -0.2) is 8.78 Å². The topological polar surface area (TPSA) is 32.3 Å². The third-order valence-corrected chi connectivity index (χ3v) is 3.88. The number of nitrogens with zero attached hydrogens (tertiary/aromatic N) is 1. The number of hydrogen-bond donors (Lipinski definition) is 1. The summed E-state index contributed by atoms with van der Waals surface area (Å²) in [5.74, 6) is -0.345. The summed E-state index contributed by atoms with van der Waals surface area (Å²) in [6.45, 7) is 2.84. The number of halogens is 3. The highest BCUT2D eigenvalue weighted by Crippen LogP contribution is 2.22. The number of aryl methyl sites for hydroxylation is 1. The molecule has 1 heterocycles. The van der Waals surface area contributed by atoms with E-state index in [1.54, 1.807) is 12.1 Å². The van der Waals surface area contributed by atoms with Gasteiger partial charge in [0.1, 0.15) is 6.04 Å². The van der Waals surface area contributed by atoms with Gasteiger partial charge in [-0.15, -0.1) is 0 Å². The summed E-state index contributed by atoms with van der Waals surface area (Å²) in [7, 11) is 0. The first-order valence-electron chi connectivity index (χ1n) is 6.06. The Balaban J connectivity index is 2.28. The molecule has 0 bridgehead atoms. The predicted octanol–water partition coefficient (Wildman–Crippen LogP) is 2.44. The number of benzene rings is 1. The summed E-state index contributed by atoms with van der Waals surface area (Å²) in [5.41, 5.74) is 1.36. The van der Waals surface area contributed by atoms with E-state index in [-0.39, 0.29) is 12.5 Å². The van der Waals surface area contributed by atoms with Gasteiger partial charge in [0.15, 0.2) is 0 Å². The fourth-order valence-corrected chi connectivity index (χ4v) is 2.58. The molecule has 1 atom stereocenters. The van der Waals surface area contributed by atoms with Crippen LogP contribution in [0.3, 0.4) is 0 Å². The largest absolute Gasteiger partial charge is 0.327 e. The second-order valence-corrected chi connectivity index (χ2v) is 5.44. The first-order chi connectivity index (χ1) is 9.00. The van der Waals surface area contributed by atoms with Gasteiger partial charge in [0, 0.05) is 24.1 Å². The Morgan fingerprint density at radius 1 is 1.53 bits per heavy atom. The lowest BCUT2D eigenvalue weighted by Gasteiger charge is -2.35. The van der Waals surface area contributed by atoms with Crippen molar-refractivity contribution in [2.45, 2.75) is 19.4 Å². The Morgan fingerprint density at radius 3 is 2.95 bits per heavy atom. The minimum Gasteiger partial charge on any atom is -0.327 e. The summed E-state index contributed by atoms with van der Waals surface area (Å²) < 4.78 is 26.6. The average Bonchev–Trinajstić information content (AvgIpc) is 2.40. The molecule has 1 N–H and O–H groups in total. The van der Waals surface area contributed by atoms with Crippen molar-refractivity contribution in [1.82, 2.24) is 10.2 Å². The zero-order chi connectivity index (χ0) is 14.0. The minimum absolute atomic E-state index is 0.132. The molecule has 0 aliphatic carbocycles. The standard InChI is InChI=1S/C13H15BrF2N2O/c1-8-2-3-10(14)9(6-8)13(19)18-5-4-17-7-11(18)12(15)16/h2-3,6,11-12,17H,4-5,7H2,1H3. The Morgan fingerprint density at radius 2 is 2.26 bits per heavy atom. The van der Waals surface area contributed by atoms with Crippen molar-refractivity contribution in [2.24, 2.45) is 0 Å². The summed E-state index contributed by atoms with van der Waals surface area (Å²) in [6.07, 6.45) is -2.54. The minimum atomic E-state index is -2.54. The molecule has 1 aromatic rings. The Bertz CT molecular complexity index is 482. The molecule has 1 unspecified atom stereocenters. The summed E-state index contributed by atoms with van der Waals surface area (Å²) >= 11 is 3.30. The lowest BCUT2D eigenvalue weighted by molar-refractivity contribution is 0.0126. The van der Waals surface area contributed by atoms with Gasteiger partial charge >= 0.3 is 0 Å². The molecule has 2 rings (SSSR count). The van der Waals surface area contributed by atoms with E-state index in [9.17, 15) is 13.6 Å². The van der Waals surface area contributed by atoms with E-state index in [0.29, 0.717) is 23.1 Å². The van der Waals surface area contributed by atoms with Crippen LogP contribution in [0.2, 0.25) is 0 Å². The molecule has 3 nitrogen and oxygen atoms in total. The molecule has 1 fully saturated rings. The second-order valence-electron chi connectivity index (χ2n) is 4.59. The van der Waals surface area contributed by atoms with Crippen LogP contribution in [-0.2, 0) is 0 Å². The normalized spacial score (nSPS) is 19.8. The summed E-state index contributed by atoms with van der Waals surface area (Å²) in [4.78, 5) is 13.7. The predicted molar refractivity (Wildman–Crippen MR) is 72.6 cm³/mol. The fraction of sp³-hybridized carbons (Fsp3) is 0.462. The quantitative estimate of drug-likeness (QED) is 0.902. The molecule has 6 heteroatoms. The molecule has 1 amide bonds. The molecule has 0 radical (unpaired) electrons. The number of piperazine rings is 1. The lowest BCUT2D eigenvalue weighted by atomic mass is 10.1. The Hall–Kier alpha value is -1.01. The van der Waals surface area contributed by atoms with Crippen molar-refractivity contribution in [3.8, 4) is 0 Å². The molecule has 1 aliphatic heterocycles. The zero-order valence-electron chi connectivity index (χ0n) is 10.5. The van der Waals surface area contributed by atoms with Crippen LogP contribution >= 0.6 is 15.9 Å². The Labute approximate surface area is 119 Å². The first-order valence-corrected chi connectivity index (χ1v) is 6.86. The van der Waals surface area contributed by atoms with Gasteiger partial charge < -0.3 is 10.2 Å². The number of amides is 1. The van der Waals surface area contributed by atoms with E-state index < -0.39 is 12.5 Å². The third-order valence-electron chi connectivity index (χ3n) is 3.19. The van der Waals surface area contributed by atoms with Crippen molar-refractivity contribution < 1.29 is 13.6 Å². The molecule has 19 heavy (non-hydrogen) atoms. The molecular weight excluding hydrogens is 318 g/mol. The highest BCUT2D eigenvalue weighted by Gasteiger charge is 2.34. The number of alkyl halides is 2. The van der Waals surface area contributed by atoms with Gasteiger partial charge in [-0.1, -0.05) is 11.6 Å². The number of nitrogens with one attached hydrogen (secondary N) is 1. The van der Waals surface area contributed by atoms with Crippen molar-refractivity contribution in [3.05, 3.63) is 33.8 Å². The van der Waals surface area contributed by atoms with Crippen LogP contribution in [0, 0.1) is 6.92 Å². The third kappa shape index (κ3) is 3.12. The molecule has 104 valence electrons. The van der Waals surface area contributed by atoms with E-state index in [2.05, 4.69) is 21.2 Å². The lowest BCUT2D eigenvalue weighted by Crippen LogP contribution is -2.56. The van der Waals surface area contributed by atoms with Crippen LogP contribution in [0.5, 0.6) is 0 Å². The van der Waals surface area contributed by atoms with E-state index in [4.69, 9.17) is 0 Å². The summed E-state index contributed by atoms with van der Waals surface area (Å²) in [5, 5.41) is 2.89. The van der Waals surface area contributed by atoms with Crippen LogP contribution in [0.25, 0.3) is 0 Å². The van der Waals surface area contributed by atoms with Crippen LogP contribution in [0.15, 0.2) is 22.7 Å². The van der Waals surface area contributed by atoms with Gasteiger partial charge in [-0.05, 0) is 35.0 Å². The van der Waals surface area contributed by atoms with Crippen LogP contribution in [0.4, 0.5) is 8.78 Å². The molecule has 1 aliphatic rings. The van der Waals surface area contributed by atoms with Gasteiger partial charge in [0.2, 0.25) is 0 Å². The van der Waals surface area contributed by atoms with Crippen LogP contribution < -0.4 is 5.32 Å². The smallest absolute Gasteiger partial charge is 0.259 e. The van der Waals surface area contributed by atoms with E-state index in [1.165, 1.54) is 4.90 Å². The van der Waals surface area contributed by atoms with Gasteiger partial charge in [0.05, 0.1) is 5.56 Å². The first kappa shape index (κ1) is 14.4. The summed E-state index contributed by atoms with van der Waals surface area (Å²) in [6, 6.07) is 4.29. The van der Waals surface area contributed by atoms with E-state index in [1.807, 2.05) is 13.0 Å². The maximum Gasteiger partial charge on any atom is 0.259 e. The van der Waals surface area contributed by atoms with Crippen LogP contribution in [0.1, 0.15) is 15.9 Å². The molecule has 0 spiro atoms. The molecule has 0 saturated carbocycles. The fourth-order valence-electron chi connectivity index (χ4n) is 2.16. The van der Waals surface area contributed by atoms with Crippen molar-refractivity contribution in [1.29, 1.82) is 0 Å². The highest BCUT2D eigenvalue weighted by atomic mass is 79.9. The maximum atomic E-state index is 13.0. The SMILES string of the molecule is Cc1ccc(Br)c(C(=O)N2CCNCC2C(F)F)c1. The van der Waals surface area contributed by atoms with Crippen molar-refractivity contribution in [2.75, 3.05) is 19.6 Å². The highest BCUT2D eigenvalue weighted by molar-refractivity contribution is 9.10. The number of hydrogen-bond acceptors (Lipinski definition) is 2. The molecule has 0 aromatic heterocycles. The number of carbonyl (C=O) groups excluding carboxylic acids is 1. The van der Waals surface area contributed by atoms with Crippen LogP contribution in [-0.4, -0.2) is 42.9 Å². The zero-order valence-corrected chi connectivity index (χ0v) is 12.1. The maximum absolute atomic E-state index is 13.0. The molecule has 1 saturated heterocycles.